The summed E-state index contributed by atoms with van der Waals surface area (Å²) in [4.78, 5) is 12.1. The van der Waals surface area contributed by atoms with Gasteiger partial charge in [-0.2, -0.15) is 5.10 Å². The predicted molar refractivity (Wildman–Crippen MR) is 83.2 cm³/mol. The highest BCUT2D eigenvalue weighted by Crippen LogP contribution is 2.60. The minimum absolute atomic E-state index is 0.0451. The van der Waals surface area contributed by atoms with Crippen LogP contribution in [0.4, 0.5) is 0 Å². The number of halogens is 2. The number of allylic oxidation sites excluding steroid dienone is 1. The molecule has 1 aliphatic carbocycles. The number of hydrogen-bond donors (Lipinski definition) is 0. The van der Waals surface area contributed by atoms with Gasteiger partial charge in [-0.1, -0.05) is 37.0 Å². The van der Waals surface area contributed by atoms with Gasteiger partial charge in [-0.25, -0.2) is 0 Å². The van der Waals surface area contributed by atoms with E-state index < -0.39 is 0 Å². The standard InChI is InChI=1S/C15H20Cl2N2O2/c1-9-7-10(2)19(18-9)5-6-21-14(20)13-11(8-12(16)17)15(13,3)4/h7-8,11,13H,5-6H2,1-4H3/t11-,13+/m0/s1. The van der Waals surface area contributed by atoms with E-state index in [9.17, 15) is 4.79 Å². The van der Waals surface area contributed by atoms with Crippen LogP contribution in [0.2, 0.25) is 0 Å². The highest BCUT2D eigenvalue weighted by Gasteiger charge is 2.61. The molecule has 4 nitrogen and oxygen atoms in total. The van der Waals surface area contributed by atoms with Gasteiger partial charge in [0, 0.05) is 5.69 Å². The number of carbonyl (C=O) groups is 1. The molecule has 1 heterocycles. The Labute approximate surface area is 135 Å². The quantitative estimate of drug-likeness (QED) is 0.774. The number of nitrogens with zero attached hydrogens (tertiary/aromatic N) is 2. The predicted octanol–water partition coefficient (Wildman–Crippen LogP) is 3.63. The molecule has 1 aromatic rings. The van der Waals surface area contributed by atoms with Crippen molar-refractivity contribution >= 4 is 29.2 Å². The maximum Gasteiger partial charge on any atom is 0.310 e. The molecule has 0 spiro atoms. The zero-order valence-corrected chi connectivity index (χ0v) is 14.2. The first-order chi connectivity index (χ1) is 9.73. The summed E-state index contributed by atoms with van der Waals surface area (Å²) in [5.41, 5.74) is 1.87. The first kappa shape index (κ1) is 16.4. The Morgan fingerprint density at radius 1 is 1.48 bits per heavy atom. The van der Waals surface area contributed by atoms with Crippen molar-refractivity contribution in [3.8, 4) is 0 Å². The Morgan fingerprint density at radius 3 is 2.67 bits per heavy atom. The van der Waals surface area contributed by atoms with Crippen molar-refractivity contribution in [3.63, 3.8) is 0 Å². The highest BCUT2D eigenvalue weighted by molar-refractivity contribution is 6.55. The maximum absolute atomic E-state index is 12.1. The highest BCUT2D eigenvalue weighted by atomic mass is 35.5. The molecule has 0 N–H and O–H groups in total. The van der Waals surface area contributed by atoms with E-state index in [4.69, 9.17) is 27.9 Å². The summed E-state index contributed by atoms with van der Waals surface area (Å²) in [6, 6.07) is 2.00. The molecule has 1 saturated carbocycles. The van der Waals surface area contributed by atoms with Crippen molar-refractivity contribution in [1.29, 1.82) is 0 Å². The number of ether oxygens (including phenoxy) is 1. The maximum atomic E-state index is 12.1. The first-order valence-corrected chi connectivity index (χ1v) is 7.69. The molecular formula is C15H20Cl2N2O2. The van der Waals surface area contributed by atoms with Crippen LogP contribution in [-0.4, -0.2) is 22.4 Å². The number of esters is 1. The number of aryl methyl sites for hydroxylation is 2. The lowest BCUT2D eigenvalue weighted by Crippen LogP contribution is -2.16. The first-order valence-electron chi connectivity index (χ1n) is 6.94. The fourth-order valence-corrected chi connectivity index (χ4v) is 3.07. The van der Waals surface area contributed by atoms with E-state index in [0.29, 0.717) is 13.2 Å². The Morgan fingerprint density at radius 2 is 2.14 bits per heavy atom. The van der Waals surface area contributed by atoms with E-state index in [1.165, 1.54) is 0 Å². The van der Waals surface area contributed by atoms with Gasteiger partial charge >= 0.3 is 5.97 Å². The van der Waals surface area contributed by atoms with E-state index in [-0.39, 0.29) is 27.7 Å². The minimum Gasteiger partial charge on any atom is -0.463 e. The smallest absolute Gasteiger partial charge is 0.310 e. The summed E-state index contributed by atoms with van der Waals surface area (Å²) >= 11 is 11.4. The third-order valence-corrected chi connectivity index (χ3v) is 4.37. The second kappa shape index (κ2) is 6.01. The van der Waals surface area contributed by atoms with Gasteiger partial charge in [0.1, 0.15) is 11.1 Å². The van der Waals surface area contributed by atoms with Gasteiger partial charge in [-0.05, 0) is 37.3 Å². The van der Waals surface area contributed by atoms with Crippen LogP contribution in [0.5, 0.6) is 0 Å². The summed E-state index contributed by atoms with van der Waals surface area (Å²) in [6.45, 7) is 8.83. The molecule has 0 aliphatic heterocycles. The van der Waals surface area contributed by atoms with Crippen molar-refractivity contribution in [3.05, 3.63) is 28.0 Å². The molecule has 2 atom stereocenters. The molecule has 0 amide bonds. The van der Waals surface area contributed by atoms with E-state index in [2.05, 4.69) is 5.10 Å². The lowest BCUT2D eigenvalue weighted by atomic mass is 10.1. The molecule has 116 valence electrons. The lowest BCUT2D eigenvalue weighted by Gasteiger charge is -2.07. The number of hydrogen-bond acceptors (Lipinski definition) is 3. The lowest BCUT2D eigenvalue weighted by molar-refractivity contribution is -0.146. The largest absolute Gasteiger partial charge is 0.463 e. The second-order valence-electron chi connectivity index (χ2n) is 6.10. The third kappa shape index (κ3) is 3.61. The zero-order chi connectivity index (χ0) is 15.8. The molecule has 1 aliphatic rings. The number of carbonyl (C=O) groups excluding carboxylic acids is 1. The van der Waals surface area contributed by atoms with Crippen molar-refractivity contribution in [2.75, 3.05) is 6.61 Å². The Balaban J connectivity index is 1.86. The van der Waals surface area contributed by atoms with Crippen LogP contribution in [0.3, 0.4) is 0 Å². The van der Waals surface area contributed by atoms with E-state index >= 15 is 0 Å². The number of aromatic nitrogens is 2. The summed E-state index contributed by atoms with van der Waals surface area (Å²) in [5.74, 6) is -0.327. The summed E-state index contributed by atoms with van der Waals surface area (Å²) in [7, 11) is 0. The Kier molecular flexibility index (Phi) is 4.69. The van der Waals surface area contributed by atoms with Crippen LogP contribution >= 0.6 is 23.2 Å². The summed E-state index contributed by atoms with van der Waals surface area (Å²) in [6.07, 6.45) is 1.72. The second-order valence-corrected chi connectivity index (χ2v) is 7.11. The van der Waals surface area contributed by atoms with Crippen LogP contribution in [-0.2, 0) is 16.1 Å². The van der Waals surface area contributed by atoms with Gasteiger partial charge in [-0.15, -0.1) is 0 Å². The topological polar surface area (TPSA) is 44.1 Å². The van der Waals surface area contributed by atoms with Crippen LogP contribution in [0.1, 0.15) is 25.2 Å². The van der Waals surface area contributed by atoms with Crippen LogP contribution in [0.15, 0.2) is 16.6 Å². The van der Waals surface area contributed by atoms with Crippen molar-refractivity contribution < 1.29 is 9.53 Å². The SMILES string of the molecule is Cc1cc(C)n(CCOC(=O)[C@H]2[C@H](C=C(Cl)Cl)C2(C)C)n1. The van der Waals surface area contributed by atoms with Crippen LogP contribution in [0, 0.1) is 31.1 Å². The van der Waals surface area contributed by atoms with Gasteiger partial charge in [0.25, 0.3) is 0 Å². The van der Waals surface area contributed by atoms with E-state index in [1.807, 2.05) is 38.4 Å². The average Bonchev–Trinajstić information content (AvgIpc) is 2.70. The molecule has 0 saturated heterocycles. The van der Waals surface area contributed by atoms with Gasteiger partial charge in [0.05, 0.1) is 18.2 Å². The molecule has 1 aromatic heterocycles. The van der Waals surface area contributed by atoms with Crippen molar-refractivity contribution in [1.82, 2.24) is 9.78 Å². The monoisotopic (exact) mass is 330 g/mol. The molecular weight excluding hydrogens is 311 g/mol. The molecule has 2 rings (SSSR count). The fourth-order valence-electron chi connectivity index (χ4n) is 2.80. The van der Waals surface area contributed by atoms with Crippen molar-refractivity contribution in [2.24, 2.45) is 17.3 Å². The molecule has 0 unspecified atom stereocenters. The summed E-state index contributed by atoms with van der Waals surface area (Å²) < 4.78 is 7.41. The van der Waals surface area contributed by atoms with Gasteiger partial charge in [-0.3, -0.25) is 9.48 Å². The molecule has 6 heteroatoms. The minimum atomic E-state index is -0.197. The molecule has 1 fully saturated rings. The third-order valence-electron chi connectivity index (χ3n) is 4.12. The van der Waals surface area contributed by atoms with Gasteiger partial charge in [0.2, 0.25) is 0 Å². The average molecular weight is 331 g/mol. The normalized spacial score (nSPS) is 22.8. The van der Waals surface area contributed by atoms with E-state index in [0.717, 1.165) is 11.4 Å². The zero-order valence-electron chi connectivity index (χ0n) is 12.7. The van der Waals surface area contributed by atoms with Crippen LogP contribution in [0.25, 0.3) is 0 Å². The van der Waals surface area contributed by atoms with Gasteiger partial charge < -0.3 is 4.74 Å². The molecule has 0 aromatic carbocycles. The molecule has 0 radical (unpaired) electrons. The molecule has 0 bridgehead atoms. The molecule has 21 heavy (non-hydrogen) atoms. The van der Waals surface area contributed by atoms with Crippen LogP contribution < -0.4 is 0 Å². The van der Waals surface area contributed by atoms with Gasteiger partial charge in [0.15, 0.2) is 0 Å². The number of rotatable bonds is 5. The Hall–Kier alpha value is -1.000. The van der Waals surface area contributed by atoms with Crippen molar-refractivity contribution in [2.45, 2.75) is 34.2 Å². The summed E-state index contributed by atoms with van der Waals surface area (Å²) in [5, 5.41) is 4.33. The fraction of sp³-hybridized carbons (Fsp3) is 0.600. The Bertz CT molecular complexity index is 574. The van der Waals surface area contributed by atoms with E-state index in [1.54, 1.807) is 6.08 Å².